The minimum Gasteiger partial charge on any atom is -0.481 e. The fourth-order valence-electron chi connectivity index (χ4n) is 2.75. The molecule has 0 saturated heterocycles. The second kappa shape index (κ2) is 19.0. The Labute approximate surface area is 154 Å². The molecule has 2 N–H and O–H groups in total. The van der Waals surface area contributed by atoms with E-state index in [4.69, 9.17) is 5.11 Å². The van der Waals surface area contributed by atoms with Gasteiger partial charge in [0, 0.05) is 13.0 Å². The fraction of sp³-hybridized carbons (Fsp3) is 0.810. The van der Waals surface area contributed by atoms with Crippen LogP contribution in [0.4, 0.5) is 0 Å². The van der Waals surface area contributed by atoms with Crippen LogP contribution in [0.2, 0.25) is 0 Å². The summed E-state index contributed by atoms with van der Waals surface area (Å²) in [6, 6.07) is 0. The predicted molar refractivity (Wildman–Crippen MR) is 105 cm³/mol. The first-order valence-corrected chi connectivity index (χ1v) is 10.3. The Morgan fingerprint density at radius 1 is 0.760 bits per heavy atom. The van der Waals surface area contributed by atoms with Crippen LogP contribution in [-0.4, -0.2) is 23.5 Å². The molecule has 0 heterocycles. The predicted octanol–water partition coefficient (Wildman–Crippen LogP) is 5.61. The smallest absolute Gasteiger partial charge is 0.305 e. The molecule has 0 aliphatic carbocycles. The van der Waals surface area contributed by atoms with Crippen LogP contribution >= 0.6 is 0 Å². The molecule has 146 valence electrons. The molecule has 4 nitrogen and oxygen atoms in total. The van der Waals surface area contributed by atoms with E-state index in [2.05, 4.69) is 24.4 Å². The fourth-order valence-corrected chi connectivity index (χ4v) is 2.75. The number of allylic oxidation sites excluding steroid dienone is 2. The van der Waals surface area contributed by atoms with Crippen molar-refractivity contribution in [1.29, 1.82) is 0 Å². The summed E-state index contributed by atoms with van der Waals surface area (Å²) in [5, 5.41) is 11.1. The number of hydrogen-bond acceptors (Lipinski definition) is 2. The Bertz CT molecular complexity index is 353. The molecule has 0 saturated carbocycles. The van der Waals surface area contributed by atoms with Crippen molar-refractivity contribution < 1.29 is 14.7 Å². The van der Waals surface area contributed by atoms with Crippen molar-refractivity contribution in [3.8, 4) is 0 Å². The van der Waals surface area contributed by atoms with Crippen LogP contribution in [0.25, 0.3) is 0 Å². The van der Waals surface area contributed by atoms with Crippen molar-refractivity contribution in [2.75, 3.05) is 6.54 Å². The Hall–Kier alpha value is -1.32. The van der Waals surface area contributed by atoms with Crippen molar-refractivity contribution in [3.05, 3.63) is 12.2 Å². The highest BCUT2D eigenvalue weighted by molar-refractivity contribution is 5.76. The van der Waals surface area contributed by atoms with Gasteiger partial charge in [0.1, 0.15) is 0 Å². The van der Waals surface area contributed by atoms with Crippen LogP contribution in [0.5, 0.6) is 0 Å². The minimum absolute atomic E-state index is 0.000385. The van der Waals surface area contributed by atoms with E-state index in [1.807, 2.05) is 0 Å². The number of carbonyl (C=O) groups excluding carboxylic acids is 1. The summed E-state index contributed by atoms with van der Waals surface area (Å²) in [6.07, 6.45) is 21.3. The third-order valence-electron chi connectivity index (χ3n) is 4.33. The number of carboxylic acids is 1. The Kier molecular flexibility index (Phi) is 18.0. The molecule has 0 radical (unpaired) electrons. The minimum atomic E-state index is -0.872. The lowest BCUT2D eigenvalue weighted by atomic mass is 10.1. The third kappa shape index (κ3) is 20.6. The zero-order valence-corrected chi connectivity index (χ0v) is 16.2. The molecule has 0 aliphatic rings. The van der Waals surface area contributed by atoms with E-state index < -0.39 is 5.97 Å². The number of unbranched alkanes of at least 4 members (excludes halogenated alkanes) is 11. The summed E-state index contributed by atoms with van der Waals surface area (Å²) in [5.74, 6) is -0.896. The maximum Gasteiger partial charge on any atom is 0.305 e. The van der Waals surface area contributed by atoms with Crippen LogP contribution < -0.4 is 5.32 Å². The monoisotopic (exact) mass is 353 g/mol. The Morgan fingerprint density at radius 3 is 1.84 bits per heavy atom. The number of hydrogen-bond donors (Lipinski definition) is 2. The zero-order chi connectivity index (χ0) is 18.6. The van der Waals surface area contributed by atoms with Crippen LogP contribution in [0.15, 0.2) is 12.2 Å². The van der Waals surface area contributed by atoms with Gasteiger partial charge in [-0.25, -0.2) is 0 Å². The van der Waals surface area contributed by atoms with Gasteiger partial charge in [-0.2, -0.15) is 0 Å². The number of aliphatic carboxylic acids is 1. The normalized spacial score (nSPS) is 11.1. The molecule has 4 heteroatoms. The molecule has 0 aliphatic heterocycles. The lowest BCUT2D eigenvalue weighted by Crippen LogP contribution is -2.25. The van der Waals surface area contributed by atoms with Gasteiger partial charge in [-0.3, -0.25) is 9.59 Å². The third-order valence-corrected chi connectivity index (χ3v) is 4.33. The van der Waals surface area contributed by atoms with Crippen molar-refractivity contribution in [3.63, 3.8) is 0 Å². The first-order chi connectivity index (χ1) is 12.2. The summed E-state index contributed by atoms with van der Waals surface area (Å²) in [6.45, 7) is 2.48. The SMILES string of the molecule is CCCCC/C=C\CCCCCCCCCCC(=O)NCCC(=O)O. The van der Waals surface area contributed by atoms with Gasteiger partial charge < -0.3 is 10.4 Å². The molecule has 0 aromatic heterocycles. The van der Waals surface area contributed by atoms with Gasteiger partial charge in [0.05, 0.1) is 6.42 Å². The Morgan fingerprint density at radius 2 is 1.28 bits per heavy atom. The summed E-state index contributed by atoms with van der Waals surface area (Å²) in [5.41, 5.74) is 0. The lowest BCUT2D eigenvalue weighted by molar-refractivity contribution is -0.136. The van der Waals surface area contributed by atoms with Gasteiger partial charge >= 0.3 is 5.97 Å². The van der Waals surface area contributed by atoms with E-state index in [1.54, 1.807) is 0 Å². The summed E-state index contributed by atoms with van der Waals surface area (Å²) >= 11 is 0. The van der Waals surface area contributed by atoms with Crippen LogP contribution in [0, 0.1) is 0 Å². The van der Waals surface area contributed by atoms with Gasteiger partial charge in [-0.05, 0) is 32.1 Å². The topological polar surface area (TPSA) is 66.4 Å². The van der Waals surface area contributed by atoms with Crippen LogP contribution in [-0.2, 0) is 9.59 Å². The molecular formula is C21H39NO3. The van der Waals surface area contributed by atoms with E-state index in [-0.39, 0.29) is 18.9 Å². The van der Waals surface area contributed by atoms with E-state index in [0.717, 1.165) is 12.8 Å². The van der Waals surface area contributed by atoms with Crippen molar-refractivity contribution in [2.45, 2.75) is 103 Å². The zero-order valence-electron chi connectivity index (χ0n) is 16.2. The van der Waals surface area contributed by atoms with E-state index >= 15 is 0 Å². The average molecular weight is 354 g/mol. The van der Waals surface area contributed by atoms with Crippen molar-refractivity contribution >= 4 is 11.9 Å². The maximum atomic E-state index is 11.4. The van der Waals surface area contributed by atoms with Gasteiger partial charge in [-0.15, -0.1) is 0 Å². The number of nitrogens with one attached hydrogen (secondary N) is 1. The number of carboxylic acid groups (broad SMARTS) is 1. The molecule has 1 amide bonds. The van der Waals surface area contributed by atoms with Gasteiger partial charge in [0.25, 0.3) is 0 Å². The maximum absolute atomic E-state index is 11.4. The molecule has 0 fully saturated rings. The molecule has 0 bridgehead atoms. The molecule has 25 heavy (non-hydrogen) atoms. The Balaban J connectivity index is 3.18. The quantitative estimate of drug-likeness (QED) is 0.248. The highest BCUT2D eigenvalue weighted by Crippen LogP contribution is 2.11. The molecule has 0 aromatic rings. The van der Waals surface area contributed by atoms with E-state index in [9.17, 15) is 9.59 Å². The average Bonchev–Trinajstić information content (AvgIpc) is 2.58. The molecule has 0 unspecified atom stereocenters. The molecule has 0 spiro atoms. The van der Waals surface area contributed by atoms with E-state index in [0.29, 0.717) is 6.42 Å². The standard InChI is InChI=1S/C21H39NO3/c1-2-3-4-5-6-7-8-9-10-11-12-13-14-15-16-17-20(23)22-19-18-21(24)25/h6-7H,2-5,8-19H2,1H3,(H,22,23)(H,24,25)/b7-6-. The van der Waals surface area contributed by atoms with Crippen LogP contribution in [0.1, 0.15) is 103 Å². The van der Waals surface area contributed by atoms with Gasteiger partial charge in [0.15, 0.2) is 0 Å². The number of rotatable bonds is 18. The summed E-state index contributed by atoms with van der Waals surface area (Å²) in [4.78, 5) is 21.8. The van der Waals surface area contributed by atoms with E-state index in [1.165, 1.54) is 70.6 Å². The number of amides is 1. The van der Waals surface area contributed by atoms with Gasteiger partial charge in [-0.1, -0.05) is 70.4 Å². The molecule has 0 atom stereocenters. The lowest BCUT2D eigenvalue weighted by Gasteiger charge is -2.04. The molecular weight excluding hydrogens is 314 g/mol. The number of carbonyl (C=O) groups is 2. The largest absolute Gasteiger partial charge is 0.481 e. The van der Waals surface area contributed by atoms with Crippen LogP contribution in [0.3, 0.4) is 0 Å². The van der Waals surface area contributed by atoms with Gasteiger partial charge in [0.2, 0.25) is 5.91 Å². The highest BCUT2D eigenvalue weighted by Gasteiger charge is 2.02. The highest BCUT2D eigenvalue weighted by atomic mass is 16.4. The first kappa shape index (κ1) is 23.7. The summed E-state index contributed by atoms with van der Waals surface area (Å²) in [7, 11) is 0. The molecule has 0 aromatic carbocycles. The van der Waals surface area contributed by atoms with Crippen molar-refractivity contribution in [2.24, 2.45) is 0 Å². The molecule has 0 rings (SSSR count). The second-order valence-electron chi connectivity index (χ2n) is 6.83. The van der Waals surface area contributed by atoms with Crippen molar-refractivity contribution in [1.82, 2.24) is 5.32 Å². The summed E-state index contributed by atoms with van der Waals surface area (Å²) < 4.78 is 0. The first-order valence-electron chi connectivity index (χ1n) is 10.3. The second-order valence-corrected chi connectivity index (χ2v) is 6.83.